The van der Waals surface area contributed by atoms with Crippen molar-refractivity contribution in [3.05, 3.63) is 38.9 Å². The summed E-state index contributed by atoms with van der Waals surface area (Å²) in [4.78, 5) is 45.6. The van der Waals surface area contributed by atoms with Crippen molar-refractivity contribution in [2.24, 2.45) is 5.92 Å². The number of benzene rings is 1. The van der Waals surface area contributed by atoms with Crippen LogP contribution < -0.4 is 10.6 Å². The normalized spacial score (nSPS) is 19.0. The second-order valence-electron chi connectivity index (χ2n) is 6.39. The summed E-state index contributed by atoms with van der Waals surface area (Å²) in [7, 11) is 0. The molecule has 2 N–H and O–H groups in total. The van der Waals surface area contributed by atoms with Gasteiger partial charge in [0.25, 0.3) is 11.6 Å². The number of nitrogens with one attached hydrogen (secondary N) is 2. The molecule has 0 heterocycles. The summed E-state index contributed by atoms with van der Waals surface area (Å²) in [6, 6.07) is 2.75. The quantitative estimate of drug-likeness (QED) is 0.446. The van der Waals surface area contributed by atoms with Crippen LogP contribution in [0.25, 0.3) is 0 Å². The zero-order chi connectivity index (χ0) is 20.0. The summed E-state index contributed by atoms with van der Waals surface area (Å²) in [5.74, 6) is -1.41. The van der Waals surface area contributed by atoms with Crippen LogP contribution in [0.1, 0.15) is 43.0 Å². The monoisotopic (exact) mass is 397 g/mol. The zero-order valence-electron chi connectivity index (χ0n) is 14.7. The Hall–Kier alpha value is -2.68. The third kappa shape index (κ3) is 5.92. The Balaban J connectivity index is 1.82. The number of amides is 3. The molecular formula is C17H20ClN3O6. The van der Waals surface area contributed by atoms with E-state index in [9.17, 15) is 24.5 Å². The van der Waals surface area contributed by atoms with Gasteiger partial charge in [-0.05, 0) is 30.9 Å². The molecule has 9 nitrogen and oxygen atoms in total. The van der Waals surface area contributed by atoms with Crippen molar-refractivity contribution in [1.82, 2.24) is 10.6 Å². The van der Waals surface area contributed by atoms with Gasteiger partial charge in [-0.1, -0.05) is 31.4 Å². The number of ether oxygens (including phenoxy) is 1. The minimum atomic E-state index is -0.939. The van der Waals surface area contributed by atoms with E-state index in [2.05, 4.69) is 10.6 Å². The second-order valence-corrected chi connectivity index (χ2v) is 6.80. The summed E-state index contributed by atoms with van der Waals surface area (Å²) in [5.41, 5.74) is -0.573. The van der Waals surface area contributed by atoms with Gasteiger partial charge in [0, 0.05) is 12.1 Å². The standard InChI is InChI=1S/C17H20ClN3O6/c1-10-4-2-3-5-13(10)19-17(24)20-15(22)9-27-16(23)11-6-7-12(18)14(8-11)21(25)26/h6-8,10,13H,2-5,9H2,1H3,(H2,19,20,22,24)/t10-,13+/m1/s1. The van der Waals surface area contributed by atoms with Crippen LogP contribution in [0.4, 0.5) is 10.5 Å². The molecule has 27 heavy (non-hydrogen) atoms. The van der Waals surface area contributed by atoms with Gasteiger partial charge in [-0.15, -0.1) is 0 Å². The first-order chi connectivity index (χ1) is 12.8. The molecule has 2 rings (SSSR count). The third-order valence-electron chi connectivity index (χ3n) is 4.39. The fourth-order valence-electron chi connectivity index (χ4n) is 2.89. The fraction of sp³-hybridized carbons (Fsp3) is 0.471. The second kappa shape index (κ2) is 9.31. The number of hydrogen-bond acceptors (Lipinski definition) is 6. The largest absolute Gasteiger partial charge is 0.452 e. The van der Waals surface area contributed by atoms with Crippen molar-refractivity contribution in [3.8, 4) is 0 Å². The Morgan fingerprint density at radius 2 is 2.00 bits per heavy atom. The number of halogens is 1. The van der Waals surface area contributed by atoms with Crippen LogP contribution in [0.15, 0.2) is 18.2 Å². The van der Waals surface area contributed by atoms with Gasteiger partial charge in [-0.2, -0.15) is 0 Å². The fourth-order valence-corrected chi connectivity index (χ4v) is 3.08. The van der Waals surface area contributed by atoms with Crippen molar-refractivity contribution in [3.63, 3.8) is 0 Å². The van der Waals surface area contributed by atoms with Gasteiger partial charge in [-0.3, -0.25) is 20.2 Å². The van der Waals surface area contributed by atoms with E-state index in [1.54, 1.807) is 0 Å². The average molecular weight is 398 g/mol. The van der Waals surface area contributed by atoms with Gasteiger partial charge in [-0.25, -0.2) is 9.59 Å². The molecular weight excluding hydrogens is 378 g/mol. The van der Waals surface area contributed by atoms with Crippen molar-refractivity contribution in [2.45, 2.75) is 38.6 Å². The van der Waals surface area contributed by atoms with Crippen molar-refractivity contribution in [1.29, 1.82) is 0 Å². The summed E-state index contributed by atoms with van der Waals surface area (Å²) in [6.07, 6.45) is 4.02. The molecule has 1 saturated carbocycles. The van der Waals surface area contributed by atoms with Crippen LogP contribution >= 0.6 is 11.6 Å². The Morgan fingerprint density at radius 3 is 2.67 bits per heavy atom. The molecule has 1 aliphatic carbocycles. The number of esters is 1. The first kappa shape index (κ1) is 20.6. The number of hydrogen-bond donors (Lipinski definition) is 2. The smallest absolute Gasteiger partial charge is 0.338 e. The Morgan fingerprint density at radius 1 is 1.30 bits per heavy atom. The summed E-state index contributed by atoms with van der Waals surface area (Å²) < 4.78 is 4.78. The lowest BCUT2D eigenvalue weighted by molar-refractivity contribution is -0.384. The predicted octanol–water partition coefficient (Wildman–Crippen LogP) is 2.81. The van der Waals surface area contributed by atoms with Gasteiger partial charge in [0.15, 0.2) is 6.61 Å². The molecule has 1 aliphatic rings. The van der Waals surface area contributed by atoms with Crippen LogP contribution in [-0.4, -0.2) is 35.5 Å². The minimum absolute atomic E-state index is 0.00344. The molecule has 2 atom stereocenters. The zero-order valence-corrected chi connectivity index (χ0v) is 15.5. The molecule has 0 radical (unpaired) electrons. The summed E-state index contributed by atoms with van der Waals surface area (Å²) in [5, 5.41) is 15.6. The minimum Gasteiger partial charge on any atom is -0.452 e. The highest BCUT2D eigenvalue weighted by atomic mass is 35.5. The van der Waals surface area contributed by atoms with E-state index in [-0.39, 0.29) is 16.6 Å². The highest BCUT2D eigenvalue weighted by molar-refractivity contribution is 6.32. The lowest BCUT2D eigenvalue weighted by Crippen LogP contribution is -2.48. The van der Waals surface area contributed by atoms with E-state index >= 15 is 0 Å². The van der Waals surface area contributed by atoms with E-state index in [4.69, 9.17) is 16.3 Å². The first-order valence-electron chi connectivity index (χ1n) is 8.49. The van der Waals surface area contributed by atoms with Crippen LogP contribution in [0, 0.1) is 16.0 Å². The Kier molecular flexibility index (Phi) is 7.12. The number of urea groups is 1. The Bertz CT molecular complexity index is 754. The molecule has 0 saturated heterocycles. The van der Waals surface area contributed by atoms with Gasteiger partial charge in [0.05, 0.1) is 10.5 Å². The van der Waals surface area contributed by atoms with Crippen molar-refractivity contribution in [2.75, 3.05) is 6.61 Å². The van der Waals surface area contributed by atoms with Crippen LogP contribution in [0.2, 0.25) is 5.02 Å². The van der Waals surface area contributed by atoms with Gasteiger partial charge in [0.2, 0.25) is 0 Å². The van der Waals surface area contributed by atoms with E-state index in [1.165, 1.54) is 12.1 Å². The number of rotatable bonds is 5. The van der Waals surface area contributed by atoms with Crippen LogP contribution in [0.3, 0.4) is 0 Å². The first-order valence-corrected chi connectivity index (χ1v) is 8.87. The molecule has 0 unspecified atom stereocenters. The van der Waals surface area contributed by atoms with E-state index in [0.29, 0.717) is 5.92 Å². The van der Waals surface area contributed by atoms with Crippen molar-refractivity contribution < 1.29 is 24.0 Å². The molecule has 0 aromatic heterocycles. The van der Waals surface area contributed by atoms with Gasteiger partial charge in [0.1, 0.15) is 5.02 Å². The third-order valence-corrected chi connectivity index (χ3v) is 4.71. The summed E-state index contributed by atoms with van der Waals surface area (Å²) >= 11 is 5.67. The van der Waals surface area contributed by atoms with E-state index < -0.39 is 35.1 Å². The maximum Gasteiger partial charge on any atom is 0.338 e. The number of nitro benzene ring substituents is 1. The predicted molar refractivity (Wildman–Crippen MR) is 96.5 cm³/mol. The molecule has 0 spiro atoms. The molecule has 0 aliphatic heterocycles. The highest BCUT2D eigenvalue weighted by Crippen LogP contribution is 2.25. The lowest BCUT2D eigenvalue weighted by atomic mass is 9.86. The van der Waals surface area contributed by atoms with Gasteiger partial charge >= 0.3 is 12.0 Å². The number of carbonyl (C=O) groups excluding carboxylic acids is 3. The maximum atomic E-state index is 11.9. The van der Waals surface area contributed by atoms with Crippen LogP contribution in [-0.2, 0) is 9.53 Å². The van der Waals surface area contributed by atoms with E-state index in [0.717, 1.165) is 31.7 Å². The van der Waals surface area contributed by atoms with Gasteiger partial charge < -0.3 is 10.1 Å². The topological polar surface area (TPSA) is 128 Å². The lowest BCUT2D eigenvalue weighted by Gasteiger charge is -2.29. The molecule has 1 aromatic carbocycles. The van der Waals surface area contributed by atoms with Crippen LogP contribution in [0.5, 0.6) is 0 Å². The molecule has 1 aromatic rings. The molecule has 146 valence electrons. The highest BCUT2D eigenvalue weighted by Gasteiger charge is 2.24. The number of imide groups is 1. The molecule has 10 heteroatoms. The molecule has 3 amide bonds. The molecule has 0 bridgehead atoms. The number of nitrogens with zero attached hydrogens (tertiary/aromatic N) is 1. The van der Waals surface area contributed by atoms with E-state index in [1.807, 2.05) is 6.92 Å². The number of nitro groups is 1. The Labute approximate surface area is 160 Å². The maximum absolute atomic E-state index is 11.9. The average Bonchev–Trinajstić information content (AvgIpc) is 2.61. The van der Waals surface area contributed by atoms with Crippen molar-refractivity contribution >= 4 is 35.2 Å². The summed E-state index contributed by atoms with van der Waals surface area (Å²) in [6.45, 7) is 1.35. The number of carbonyl (C=O) groups is 3. The SMILES string of the molecule is C[C@@H]1CCCC[C@@H]1NC(=O)NC(=O)COC(=O)c1ccc(Cl)c([N+](=O)[O-])c1. The molecule has 1 fully saturated rings.